The van der Waals surface area contributed by atoms with Gasteiger partial charge in [-0.1, -0.05) is 23.5 Å². The van der Waals surface area contributed by atoms with Crippen molar-refractivity contribution >= 4 is 39.1 Å². The molecule has 0 aliphatic heterocycles. The van der Waals surface area contributed by atoms with E-state index in [9.17, 15) is 9.59 Å². The minimum Gasteiger partial charge on any atom is -0.497 e. The van der Waals surface area contributed by atoms with Crippen molar-refractivity contribution in [2.45, 2.75) is 19.9 Å². The van der Waals surface area contributed by atoms with Gasteiger partial charge >= 0.3 is 0 Å². The average molecular weight is 413 g/mol. The van der Waals surface area contributed by atoms with Crippen LogP contribution in [0.25, 0.3) is 10.2 Å². The number of nitrogens with one attached hydrogen (secondary N) is 1. The molecule has 1 aromatic heterocycles. The minimum atomic E-state index is -0.238. The van der Waals surface area contributed by atoms with Gasteiger partial charge in [-0.15, -0.1) is 0 Å². The van der Waals surface area contributed by atoms with Crippen LogP contribution < -0.4 is 14.9 Å². The van der Waals surface area contributed by atoms with Crippen LogP contribution in [0.4, 0.5) is 5.69 Å². The van der Waals surface area contributed by atoms with Crippen LogP contribution in [0.2, 0.25) is 0 Å². The number of hydrogen-bond acceptors (Lipinski definition) is 5. The fraction of sp³-hybridized carbons (Fsp3) is 0.286. The second-order valence-corrected chi connectivity index (χ2v) is 7.44. The largest absolute Gasteiger partial charge is 0.497 e. The zero-order valence-electron chi connectivity index (χ0n) is 16.6. The lowest BCUT2D eigenvalue weighted by atomic mass is 10.1. The molecule has 3 rings (SSSR count). The number of thiazole rings is 1. The van der Waals surface area contributed by atoms with E-state index in [1.807, 2.05) is 47.0 Å². The number of hydrogen-bond donors (Lipinski definition) is 1. The molecule has 0 bridgehead atoms. The van der Waals surface area contributed by atoms with Crippen molar-refractivity contribution in [2.75, 3.05) is 26.1 Å². The monoisotopic (exact) mass is 413 g/mol. The number of nitrogens with zero attached hydrogens (tertiary/aromatic N) is 2. The van der Waals surface area contributed by atoms with Crippen LogP contribution in [0.1, 0.15) is 12.5 Å². The Morgan fingerprint density at radius 2 is 2.00 bits per heavy atom. The Balaban J connectivity index is 1.96. The van der Waals surface area contributed by atoms with Gasteiger partial charge in [-0.05, 0) is 35.9 Å². The summed E-state index contributed by atoms with van der Waals surface area (Å²) in [4.78, 5) is 28.9. The lowest BCUT2D eigenvalue weighted by Gasteiger charge is -2.06. The van der Waals surface area contributed by atoms with Crippen LogP contribution in [0.15, 0.2) is 47.5 Å². The number of methoxy groups -OCH3 is 2. The lowest BCUT2D eigenvalue weighted by Crippen LogP contribution is -2.19. The van der Waals surface area contributed by atoms with Gasteiger partial charge < -0.3 is 19.4 Å². The molecule has 0 saturated carbocycles. The highest BCUT2D eigenvalue weighted by Gasteiger charge is 2.10. The quantitative estimate of drug-likeness (QED) is 0.646. The van der Waals surface area contributed by atoms with Crippen molar-refractivity contribution < 1.29 is 19.1 Å². The SMILES string of the molecule is COCCn1c(=NC(=O)Cc2cccc(OC)c2)sc2cc(NC(C)=O)ccc21. The first-order valence-corrected chi connectivity index (χ1v) is 9.92. The minimum absolute atomic E-state index is 0.133. The van der Waals surface area contributed by atoms with E-state index in [1.54, 1.807) is 14.2 Å². The molecule has 29 heavy (non-hydrogen) atoms. The highest BCUT2D eigenvalue weighted by atomic mass is 32.1. The van der Waals surface area contributed by atoms with Gasteiger partial charge in [0.2, 0.25) is 5.91 Å². The van der Waals surface area contributed by atoms with Crippen molar-refractivity contribution in [3.8, 4) is 5.75 Å². The molecule has 3 aromatic rings. The van der Waals surface area contributed by atoms with Gasteiger partial charge in [0.05, 0.1) is 30.4 Å². The van der Waals surface area contributed by atoms with Gasteiger partial charge in [-0.3, -0.25) is 9.59 Å². The molecule has 2 amide bonds. The third-order valence-electron chi connectivity index (χ3n) is 4.23. The molecule has 1 N–H and O–H groups in total. The smallest absolute Gasteiger partial charge is 0.252 e. The summed E-state index contributed by atoms with van der Waals surface area (Å²) in [5.41, 5.74) is 2.49. The van der Waals surface area contributed by atoms with Crippen LogP contribution in [-0.4, -0.2) is 37.2 Å². The van der Waals surface area contributed by atoms with Crippen LogP contribution >= 0.6 is 11.3 Å². The molecule has 0 aliphatic carbocycles. The van der Waals surface area contributed by atoms with Gasteiger partial charge in [0.1, 0.15) is 5.75 Å². The first-order valence-electron chi connectivity index (χ1n) is 9.10. The predicted octanol–water partition coefficient (Wildman–Crippen LogP) is 2.99. The predicted molar refractivity (Wildman–Crippen MR) is 113 cm³/mol. The average Bonchev–Trinajstić information content (AvgIpc) is 3.01. The fourth-order valence-corrected chi connectivity index (χ4v) is 4.05. The number of anilines is 1. The van der Waals surface area contributed by atoms with Gasteiger partial charge in [0.25, 0.3) is 5.91 Å². The molecule has 0 atom stereocenters. The Kier molecular flexibility index (Phi) is 6.79. The summed E-state index contributed by atoms with van der Waals surface area (Å²) in [6.07, 6.45) is 0.187. The number of amides is 2. The maximum atomic E-state index is 12.6. The molecular formula is C21H23N3O4S. The Bertz CT molecular complexity index is 1100. The summed E-state index contributed by atoms with van der Waals surface area (Å²) >= 11 is 1.41. The summed E-state index contributed by atoms with van der Waals surface area (Å²) in [5.74, 6) is 0.336. The standard InChI is InChI=1S/C21H23N3O4S/c1-14(25)22-16-7-8-18-19(13-16)29-21(24(18)9-10-27-2)23-20(26)12-15-5-4-6-17(11-15)28-3/h4-8,11,13H,9-10,12H2,1-3H3,(H,22,25). The number of carbonyl (C=O) groups is 2. The molecular weight excluding hydrogens is 390 g/mol. The van der Waals surface area contributed by atoms with Crippen molar-refractivity contribution in [3.05, 3.63) is 52.8 Å². The Labute approximate surface area is 172 Å². The van der Waals surface area contributed by atoms with Gasteiger partial charge in [0.15, 0.2) is 4.80 Å². The molecule has 0 spiro atoms. The molecule has 0 fully saturated rings. The molecule has 152 valence electrons. The zero-order valence-corrected chi connectivity index (χ0v) is 17.4. The van der Waals surface area contributed by atoms with Gasteiger partial charge in [0, 0.05) is 26.3 Å². The Hall–Kier alpha value is -2.97. The molecule has 2 aromatic carbocycles. The summed E-state index contributed by atoms with van der Waals surface area (Å²) in [6.45, 7) is 2.53. The van der Waals surface area contributed by atoms with E-state index >= 15 is 0 Å². The van der Waals surface area contributed by atoms with E-state index in [-0.39, 0.29) is 18.2 Å². The van der Waals surface area contributed by atoms with Crippen LogP contribution in [0, 0.1) is 0 Å². The maximum Gasteiger partial charge on any atom is 0.252 e. The number of aromatic nitrogens is 1. The number of ether oxygens (including phenoxy) is 2. The Morgan fingerprint density at radius 1 is 1.17 bits per heavy atom. The number of fused-ring (bicyclic) bond motifs is 1. The molecule has 1 heterocycles. The molecule has 0 radical (unpaired) electrons. The van der Waals surface area contributed by atoms with Crippen LogP contribution in [0.5, 0.6) is 5.75 Å². The van der Waals surface area contributed by atoms with E-state index in [0.29, 0.717) is 29.4 Å². The summed E-state index contributed by atoms with van der Waals surface area (Å²) < 4.78 is 13.3. The van der Waals surface area contributed by atoms with Crippen molar-refractivity contribution in [1.29, 1.82) is 0 Å². The van der Waals surface area contributed by atoms with Crippen LogP contribution in [0.3, 0.4) is 0 Å². The van der Waals surface area contributed by atoms with E-state index in [0.717, 1.165) is 15.8 Å². The molecule has 0 unspecified atom stereocenters. The van der Waals surface area contributed by atoms with Crippen LogP contribution in [-0.2, 0) is 27.3 Å². The third kappa shape index (κ3) is 5.30. The third-order valence-corrected chi connectivity index (χ3v) is 5.27. The van der Waals surface area contributed by atoms with E-state index in [2.05, 4.69) is 10.3 Å². The number of rotatable bonds is 7. The first kappa shape index (κ1) is 20.8. The molecule has 8 heteroatoms. The van der Waals surface area contributed by atoms with Crippen molar-refractivity contribution in [3.63, 3.8) is 0 Å². The Morgan fingerprint density at radius 3 is 2.72 bits per heavy atom. The number of carbonyl (C=O) groups excluding carboxylic acids is 2. The lowest BCUT2D eigenvalue weighted by molar-refractivity contribution is -0.117. The summed E-state index contributed by atoms with van der Waals surface area (Å²) in [6, 6.07) is 13.0. The first-order chi connectivity index (χ1) is 14.0. The summed E-state index contributed by atoms with van der Waals surface area (Å²) in [5, 5.41) is 2.78. The second-order valence-electron chi connectivity index (χ2n) is 6.43. The highest BCUT2D eigenvalue weighted by molar-refractivity contribution is 7.16. The van der Waals surface area contributed by atoms with E-state index in [4.69, 9.17) is 9.47 Å². The number of benzene rings is 2. The molecule has 0 saturated heterocycles. The van der Waals surface area contributed by atoms with E-state index in [1.165, 1.54) is 18.3 Å². The maximum absolute atomic E-state index is 12.6. The zero-order chi connectivity index (χ0) is 20.8. The second kappa shape index (κ2) is 9.49. The normalized spacial score (nSPS) is 11.6. The molecule has 7 nitrogen and oxygen atoms in total. The fourth-order valence-electron chi connectivity index (χ4n) is 2.94. The van der Waals surface area contributed by atoms with Crippen molar-refractivity contribution in [2.24, 2.45) is 4.99 Å². The topological polar surface area (TPSA) is 81.9 Å². The van der Waals surface area contributed by atoms with Gasteiger partial charge in [-0.2, -0.15) is 4.99 Å². The van der Waals surface area contributed by atoms with E-state index < -0.39 is 0 Å². The molecule has 0 aliphatic rings. The summed E-state index contributed by atoms with van der Waals surface area (Å²) in [7, 11) is 3.23. The highest BCUT2D eigenvalue weighted by Crippen LogP contribution is 2.22. The van der Waals surface area contributed by atoms with Gasteiger partial charge in [-0.25, -0.2) is 0 Å². The van der Waals surface area contributed by atoms with Crippen molar-refractivity contribution in [1.82, 2.24) is 4.57 Å².